The molecule has 0 bridgehead atoms. The lowest BCUT2D eigenvalue weighted by atomic mass is 9.97. The van der Waals surface area contributed by atoms with Crippen LogP contribution in [0.25, 0.3) is 0 Å². The zero-order chi connectivity index (χ0) is 19.8. The van der Waals surface area contributed by atoms with E-state index >= 15 is 0 Å². The number of nitrogens with one attached hydrogen (secondary N) is 2. The van der Waals surface area contributed by atoms with E-state index in [2.05, 4.69) is 16.7 Å². The van der Waals surface area contributed by atoms with Crippen molar-refractivity contribution >= 4 is 23.5 Å². The number of anilines is 1. The lowest BCUT2D eigenvalue weighted by Crippen LogP contribution is -2.36. The van der Waals surface area contributed by atoms with Gasteiger partial charge < -0.3 is 15.4 Å². The van der Waals surface area contributed by atoms with Gasteiger partial charge in [-0.2, -0.15) is 0 Å². The van der Waals surface area contributed by atoms with Gasteiger partial charge in [0.15, 0.2) is 6.10 Å². The van der Waals surface area contributed by atoms with Crippen molar-refractivity contribution in [2.75, 3.05) is 11.9 Å². The van der Waals surface area contributed by atoms with Crippen LogP contribution in [0.2, 0.25) is 0 Å². The molecule has 27 heavy (non-hydrogen) atoms. The van der Waals surface area contributed by atoms with Gasteiger partial charge in [0.05, 0.1) is 11.3 Å². The van der Waals surface area contributed by atoms with E-state index in [9.17, 15) is 14.4 Å². The van der Waals surface area contributed by atoms with Crippen LogP contribution in [0.4, 0.5) is 5.69 Å². The normalized spacial score (nSPS) is 14.7. The van der Waals surface area contributed by atoms with Gasteiger partial charge in [0.1, 0.15) is 0 Å². The highest BCUT2D eigenvalue weighted by molar-refractivity contribution is 6.02. The predicted molar refractivity (Wildman–Crippen MR) is 105 cm³/mol. The molecule has 0 spiro atoms. The average Bonchev–Trinajstić information content (AvgIpc) is 2.63. The van der Waals surface area contributed by atoms with Crippen molar-refractivity contribution in [1.82, 2.24) is 5.32 Å². The van der Waals surface area contributed by atoms with E-state index in [1.165, 1.54) is 25.3 Å². The molecule has 1 unspecified atom stereocenters. The van der Waals surface area contributed by atoms with Crippen molar-refractivity contribution in [3.05, 3.63) is 41.0 Å². The smallest absolute Gasteiger partial charge is 0.341 e. The molecule has 1 atom stereocenters. The molecule has 0 saturated heterocycles. The van der Waals surface area contributed by atoms with E-state index in [1.807, 2.05) is 0 Å². The Morgan fingerprint density at radius 3 is 2.67 bits per heavy atom. The lowest BCUT2D eigenvalue weighted by Gasteiger charge is -2.17. The number of hydrogen-bond acceptors (Lipinski definition) is 4. The van der Waals surface area contributed by atoms with Crippen molar-refractivity contribution in [2.45, 2.75) is 59.0 Å². The maximum atomic E-state index is 12.5. The Balaban J connectivity index is 1.90. The Hall–Kier alpha value is -2.63. The quantitative estimate of drug-likeness (QED) is 0.567. The minimum Gasteiger partial charge on any atom is -0.449 e. The molecule has 2 N–H and O–H groups in total. The first-order chi connectivity index (χ1) is 12.9. The maximum Gasteiger partial charge on any atom is 0.341 e. The van der Waals surface area contributed by atoms with E-state index < -0.39 is 12.1 Å². The first kappa shape index (κ1) is 20.7. The number of aryl methyl sites for hydroxylation is 1. The summed E-state index contributed by atoms with van der Waals surface area (Å²) in [6.45, 7) is 5.24. The molecule has 6 nitrogen and oxygen atoms in total. The van der Waals surface area contributed by atoms with Crippen molar-refractivity contribution in [1.29, 1.82) is 0 Å². The number of ether oxygens (including phenoxy) is 1. The van der Waals surface area contributed by atoms with E-state index in [0.29, 0.717) is 12.2 Å². The molecule has 6 heteroatoms. The fourth-order valence-electron chi connectivity index (χ4n) is 3.08. The summed E-state index contributed by atoms with van der Waals surface area (Å²) >= 11 is 0. The monoisotopic (exact) mass is 372 g/mol. The van der Waals surface area contributed by atoms with Crippen LogP contribution in [0.15, 0.2) is 29.8 Å². The van der Waals surface area contributed by atoms with E-state index in [4.69, 9.17) is 4.74 Å². The molecule has 0 heterocycles. The molecule has 2 amide bonds. The fraction of sp³-hybridized carbons (Fsp3) is 0.476. The summed E-state index contributed by atoms with van der Waals surface area (Å²) in [6.07, 6.45) is 6.83. The summed E-state index contributed by atoms with van der Waals surface area (Å²) < 4.78 is 5.30. The van der Waals surface area contributed by atoms with Gasteiger partial charge in [-0.25, -0.2) is 4.79 Å². The zero-order valence-electron chi connectivity index (χ0n) is 16.3. The second-order valence-corrected chi connectivity index (χ2v) is 6.88. The summed E-state index contributed by atoms with van der Waals surface area (Å²) in [7, 11) is 0. The average molecular weight is 372 g/mol. The highest BCUT2D eigenvalue weighted by Gasteiger charge is 2.21. The van der Waals surface area contributed by atoms with Crippen LogP contribution in [0.1, 0.15) is 61.9 Å². The van der Waals surface area contributed by atoms with Gasteiger partial charge in [0.25, 0.3) is 5.91 Å². The number of carbonyl (C=O) groups excluding carboxylic acids is 3. The van der Waals surface area contributed by atoms with Crippen molar-refractivity contribution in [3.63, 3.8) is 0 Å². The Morgan fingerprint density at radius 1 is 1.22 bits per heavy atom. The predicted octanol–water partition coefficient (Wildman–Crippen LogP) is 3.51. The number of hydrogen-bond donors (Lipinski definition) is 2. The lowest BCUT2D eigenvalue weighted by molar-refractivity contribution is -0.129. The third-order valence-electron chi connectivity index (χ3n) is 4.58. The molecule has 1 aliphatic carbocycles. The summed E-state index contributed by atoms with van der Waals surface area (Å²) in [5.41, 5.74) is 2.77. The zero-order valence-corrected chi connectivity index (χ0v) is 16.3. The van der Waals surface area contributed by atoms with Gasteiger partial charge in [0, 0.05) is 13.5 Å². The minimum atomic E-state index is -0.913. The van der Waals surface area contributed by atoms with Gasteiger partial charge in [-0.3, -0.25) is 9.59 Å². The SMILES string of the molecule is CC(=O)Nc1c(C)cccc1C(=O)OC(C)C(=O)NCCC1=CCCCC1. The van der Waals surface area contributed by atoms with Crippen molar-refractivity contribution in [2.24, 2.45) is 0 Å². The molecule has 1 aromatic carbocycles. The van der Waals surface area contributed by atoms with Crippen LogP contribution >= 0.6 is 0 Å². The highest BCUT2D eigenvalue weighted by Crippen LogP contribution is 2.22. The number of para-hydroxylation sites is 1. The van der Waals surface area contributed by atoms with Crippen LogP contribution in [-0.2, 0) is 14.3 Å². The number of benzene rings is 1. The standard InChI is InChI=1S/C21H28N2O4/c1-14-8-7-11-18(19(14)23-16(3)24)21(26)27-15(2)20(25)22-13-12-17-9-5-4-6-10-17/h7-9,11,15H,4-6,10,12-13H2,1-3H3,(H,22,25)(H,23,24). The molecule has 1 aromatic rings. The molecule has 0 aromatic heterocycles. The summed E-state index contributed by atoms with van der Waals surface area (Å²) in [6, 6.07) is 5.07. The molecule has 0 aliphatic heterocycles. The number of esters is 1. The second kappa shape index (κ2) is 9.90. The molecule has 146 valence electrons. The maximum absolute atomic E-state index is 12.5. The van der Waals surface area contributed by atoms with Crippen LogP contribution < -0.4 is 10.6 Å². The second-order valence-electron chi connectivity index (χ2n) is 6.88. The van der Waals surface area contributed by atoms with Gasteiger partial charge in [0.2, 0.25) is 5.91 Å². The number of amides is 2. The Bertz CT molecular complexity index is 740. The number of rotatable bonds is 7. The Labute approximate surface area is 160 Å². The Kier molecular flexibility index (Phi) is 7.58. The van der Waals surface area contributed by atoms with Crippen LogP contribution in [0.5, 0.6) is 0 Å². The molecule has 0 radical (unpaired) electrons. The van der Waals surface area contributed by atoms with Gasteiger partial charge in [-0.05, 0) is 57.6 Å². The molecule has 0 saturated carbocycles. The summed E-state index contributed by atoms with van der Waals surface area (Å²) in [5, 5.41) is 5.47. The fourth-order valence-corrected chi connectivity index (χ4v) is 3.08. The summed E-state index contributed by atoms with van der Waals surface area (Å²) in [5.74, 6) is -1.24. The largest absolute Gasteiger partial charge is 0.449 e. The van der Waals surface area contributed by atoms with Crippen LogP contribution in [0, 0.1) is 6.92 Å². The van der Waals surface area contributed by atoms with Gasteiger partial charge in [-0.1, -0.05) is 23.8 Å². The van der Waals surface area contributed by atoms with Crippen LogP contribution in [-0.4, -0.2) is 30.4 Å². The van der Waals surface area contributed by atoms with E-state index in [-0.39, 0.29) is 17.4 Å². The molecule has 1 aliphatic rings. The minimum absolute atomic E-state index is 0.234. The van der Waals surface area contributed by atoms with E-state index in [1.54, 1.807) is 32.0 Å². The molecular formula is C21H28N2O4. The number of carbonyl (C=O) groups is 3. The van der Waals surface area contributed by atoms with Crippen molar-refractivity contribution < 1.29 is 19.1 Å². The number of allylic oxidation sites excluding steroid dienone is 1. The van der Waals surface area contributed by atoms with Crippen molar-refractivity contribution in [3.8, 4) is 0 Å². The first-order valence-electron chi connectivity index (χ1n) is 9.42. The molecular weight excluding hydrogens is 344 g/mol. The van der Waals surface area contributed by atoms with Crippen LogP contribution in [0.3, 0.4) is 0 Å². The summed E-state index contributed by atoms with van der Waals surface area (Å²) in [4.78, 5) is 36.1. The molecule has 2 rings (SSSR count). The third-order valence-corrected chi connectivity index (χ3v) is 4.58. The Morgan fingerprint density at radius 2 is 2.00 bits per heavy atom. The highest BCUT2D eigenvalue weighted by atomic mass is 16.5. The van der Waals surface area contributed by atoms with Gasteiger partial charge >= 0.3 is 5.97 Å². The topological polar surface area (TPSA) is 84.5 Å². The third kappa shape index (κ3) is 6.24. The van der Waals surface area contributed by atoms with E-state index in [0.717, 1.165) is 24.8 Å². The molecule has 0 fully saturated rings. The van der Waals surface area contributed by atoms with Gasteiger partial charge in [-0.15, -0.1) is 0 Å². The first-order valence-corrected chi connectivity index (χ1v) is 9.42.